The molecule has 0 saturated heterocycles. The molecule has 2 aromatic heterocycles. The van der Waals surface area contributed by atoms with E-state index in [1.807, 2.05) is 48.5 Å². The zero-order chi connectivity index (χ0) is 26.5. The van der Waals surface area contributed by atoms with Crippen LogP contribution < -0.4 is 16.4 Å². The summed E-state index contributed by atoms with van der Waals surface area (Å²) in [7, 11) is 0. The molecule has 0 saturated carbocycles. The lowest BCUT2D eigenvalue weighted by Crippen LogP contribution is -2.55. The van der Waals surface area contributed by atoms with Crippen molar-refractivity contribution in [3.63, 3.8) is 0 Å². The Balaban J connectivity index is 1.56. The first-order valence-corrected chi connectivity index (χ1v) is 11.6. The number of H-pyrrole nitrogens is 2. The molecule has 4 rings (SSSR count). The van der Waals surface area contributed by atoms with E-state index in [1.165, 1.54) is 0 Å². The van der Waals surface area contributed by atoms with Crippen LogP contribution in [0.3, 0.4) is 0 Å². The number of fused-ring (bicyclic) bond motifs is 2. The average molecular weight is 506 g/mol. The summed E-state index contributed by atoms with van der Waals surface area (Å²) in [6, 6.07) is 10.9. The number of hydrogen-bond donors (Lipinski definition) is 7. The van der Waals surface area contributed by atoms with E-state index >= 15 is 0 Å². The summed E-state index contributed by atoms with van der Waals surface area (Å²) in [6.07, 6.45) is 2.82. The normalized spacial score (nSPS) is 13.6. The molecular weight excluding hydrogens is 478 g/mol. The van der Waals surface area contributed by atoms with Crippen molar-refractivity contribution in [1.82, 2.24) is 20.6 Å². The van der Waals surface area contributed by atoms with Crippen LogP contribution in [0.25, 0.3) is 21.8 Å². The quantitative estimate of drug-likeness (QED) is 0.160. The molecule has 37 heavy (non-hydrogen) atoms. The van der Waals surface area contributed by atoms with Crippen LogP contribution in [0.2, 0.25) is 0 Å². The zero-order valence-electron chi connectivity index (χ0n) is 19.7. The van der Waals surface area contributed by atoms with Crippen LogP contribution in [0.5, 0.6) is 0 Å². The van der Waals surface area contributed by atoms with Crippen molar-refractivity contribution in [3.05, 3.63) is 72.1 Å². The minimum atomic E-state index is -1.38. The highest BCUT2D eigenvalue weighted by Crippen LogP contribution is 2.21. The lowest BCUT2D eigenvalue weighted by Gasteiger charge is -2.22. The molecule has 0 radical (unpaired) electrons. The van der Waals surface area contributed by atoms with Crippen LogP contribution in [0, 0.1) is 0 Å². The minimum absolute atomic E-state index is 0.0113. The number of nitrogens with one attached hydrogen (secondary N) is 4. The largest absolute Gasteiger partial charge is 0.481 e. The fraction of sp³-hybridized carbons (Fsp3) is 0.231. The van der Waals surface area contributed by atoms with E-state index in [0.29, 0.717) is 11.1 Å². The third-order valence-electron chi connectivity index (χ3n) is 6.18. The molecule has 2 amide bonds. The first-order valence-electron chi connectivity index (χ1n) is 11.6. The SMILES string of the molecule is NC(CC(=O)O)C(=O)NC(Cc1c[nH]c2ccccc12)C(=O)NC(Cc1c[nH]c2ccccc12)C(=O)O. The van der Waals surface area contributed by atoms with Crippen molar-refractivity contribution >= 4 is 45.6 Å². The Morgan fingerprint density at radius 1 is 0.757 bits per heavy atom. The number of para-hydroxylation sites is 2. The summed E-state index contributed by atoms with van der Waals surface area (Å²) in [4.78, 5) is 55.2. The Hall–Kier alpha value is -4.64. The summed E-state index contributed by atoms with van der Waals surface area (Å²) in [6.45, 7) is 0. The van der Waals surface area contributed by atoms with Gasteiger partial charge < -0.3 is 36.5 Å². The second-order valence-corrected chi connectivity index (χ2v) is 8.79. The van der Waals surface area contributed by atoms with Gasteiger partial charge in [-0.05, 0) is 23.3 Å². The molecule has 2 aromatic carbocycles. The second-order valence-electron chi connectivity index (χ2n) is 8.79. The van der Waals surface area contributed by atoms with Crippen molar-refractivity contribution in [1.29, 1.82) is 0 Å². The Bertz CT molecular complexity index is 1460. The van der Waals surface area contributed by atoms with Gasteiger partial charge in [-0.15, -0.1) is 0 Å². The Labute approximate surface area is 211 Å². The van der Waals surface area contributed by atoms with Gasteiger partial charge in [0.15, 0.2) is 0 Å². The van der Waals surface area contributed by atoms with E-state index in [1.54, 1.807) is 12.4 Å². The highest BCUT2D eigenvalue weighted by atomic mass is 16.4. The third kappa shape index (κ3) is 5.96. The van der Waals surface area contributed by atoms with Crippen molar-refractivity contribution in [2.45, 2.75) is 37.4 Å². The molecule has 3 atom stereocenters. The van der Waals surface area contributed by atoms with E-state index < -0.39 is 48.3 Å². The van der Waals surface area contributed by atoms with Crippen LogP contribution in [0.15, 0.2) is 60.9 Å². The molecule has 0 bridgehead atoms. The number of nitrogens with two attached hydrogens (primary N) is 1. The number of aliphatic carboxylic acids is 2. The fourth-order valence-corrected chi connectivity index (χ4v) is 4.28. The Kier molecular flexibility index (Phi) is 7.54. The lowest BCUT2D eigenvalue weighted by atomic mass is 10.0. The molecule has 3 unspecified atom stereocenters. The van der Waals surface area contributed by atoms with E-state index in [2.05, 4.69) is 20.6 Å². The predicted octanol–water partition coefficient (Wildman–Crippen LogP) is 1.29. The lowest BCUT2D eigenvalue weighted by molar-refractivity contribution is -0.142. The van der Waals surface area contributed by atoms with Crippen LogP contribution >= 0.6 is 0 Å². The molecule has 4 aromatic rings. The molecule has 0 aliphatic rings. The Morgan fingerprint density at radius 2 is 1.24 bits per heavy atom. The van der Waals surface area contributed by atoms with Gasteiger partial charge in [-0.25, -0.2) is 4.79 Å². The number of amides is 2. The van der Waals surface area contributed by atoms with Crippen LogP contribution in [0.1, 0.15) is 17.5 Å². The smallest absolute Gasteiger partial charge is 0.326 e. The average Bonchev–Trinajstić information content (AvgIpc) is 3.47. The molecule has 2 heterocycles. The number of carbonyl (C=O) groups excluding carboxylic acids is 2. The van der Waals surface area contributed by atoms with Gasteiger partial charge in [0.2, 0.25) is 11.8 Å². The molecule has 0 spiro atoms. The van der Waals surface area contributed by atoms with Crippen LogP contribution in [-0.2, 0) is 32.0 Å². The number of carboxylic acids is 2. The molecule has 192 valence electrons. The Morgan fingerprint density at radius 3 is 1.76 bits per heavy atom. The number of rotatable bonds is 11. The van der Waals surface area contributed by atoms with Gasteiger partial charge in [-0.1, -0.05) is 36.4 Å². The van der Waals surface area contributed by atoms with Gasteiger partial charge in [0, 0.05) is 47.0 Å². The molecule has 0 aliphatic carbocycles. The summed E-state index contributed by atoms with van der Waals surface area (Å²) in [5, 5.41) is 25.5. The topological polar surface area (TPSA) is 190 Å². The fourth-order valence-electron chi connectivity index (χ4n) is 4.28. The van der Waals surface area contributed by atoms with Gasteiger partial charge in [-0.3, -0.25) is 14.4 Å². The number of benzene rings is 2. The maximum atomic E-state index is 13.3. The maximum Gasteiger partial charge on any atom is 0.326 e. The van der Waals surface area contributed by atoms with Gasteiger partial charge in [-0.2, -0.15) is 0 Å². The molecule has 0 aliphatic heterocycles. The van der Waals surface area contributed by atoms with Gasteiger partial charge in [0.05, 0.1) is 12.5 Å². The van der Waals surface area contributed by atoms with Crippen molar-refractivity contribution in [2.24, 2.45) is 5.73 Å². The third-order valence-corrected chi connectivity index (χ3v) is 6.18. The minimum Gasteiger partial charge on any atom is -0.481 e. The summed E-state index contributed by atoms with van der Waals surface area (Å²) >= 11 is 0. The van der Waals surface area contributed by atoms with Crippen LogP contribution in [-0.4, -0.2) is 62.1 Å². The van der Waals surface area contributed by atoms with Crippen molar-refractivity contribution < 1.29 is 29.4 Å². The summed E-state index contributed by atoms with van der Waals surface area (Å²) in [5.41, 5.74) is 8.79. The van der Waals surface area contributed by atoms with E-state index in [4.69, 9.17) is 10.8 Å². The monoisotopic (exact) mass is 505 g/mol. The molecule has 8 N–H and O–H groups in total. The first-order chi connectivity index (χ1) is 17.7. The van der Waals surface area contributed by atoms with Crippen molar-refractivity contribution in [2.75, 3.05) is 0 Å². The van der Waals surface area contributed by atoms with E-state index in [-0.39, 0.29) is 12.8 Å². The van der Waals surface area contributed by atoms with E-state index in [9.17, 15) is 24.3 Å². The number of aromatic nitrogens is 2. The number of hydrogen-bond acceptors (Lipinski definition) is 5. The first kappa shape index (κ1) is 25.5. The molecular formula is C26H27N5O6. The second kappa shape index (κ2) is 11.0. The number of carboxylic acid groups (broad SMARTS) is 2. The summed E-state index contributed by atoms with van der Waals surface area (Å²) in [5.74, 6) is -4.05. The predicted molar refractivity (Wildman–Crippen MR) is 136 cm³/mol. The van der Waals surface area contributed by atoms with Gasteiger partial charge in [0.1, 0.15) is 12.1 Å². The number of aromatic amines is 2. The zero-order valence-corrected chi connectivity index (χ0v) is 19.7. The maximum absolute atomic E-state index is 13.3. The van der Waals surface area contributed by atoms with Gasteiger partial charge >= 0.3 is 11.9 Å². The van der Waals surface area contributed by atoms with Gasteiger partial charge in [0.25, 0.3) is 0 Å². The van der Waals surface area contributed by atoms with Crippen LogP contribution in [0.4, 0.5) is 0 Å². The van der Waals surface area contributed by atoms with E-state index in [0.717, 1.165) is 21.8 Å². The molecule has 0 fully saturated rings. The highest BCUT2D eigenvalue weighted by Gasteiger charge is 2.30. The molecule has 11 heteroatoms. The summed E-state index contributed by atoms with van der Waals surface area (Å²) < 4.78 is 0. The molecule has 11 nitrogen and oxygen atoms in total. The standard InChI is InChI=1S/C26H27N5O6/c27-18(11-23(32)33)24(34)30-21(9-14-12-28-19-7-3-1-5-16(14)19)25(35)31-22(26(36)37)10-15-13-29-20-8-4-2-6-17(15)20/h1-8,12-13,18,21-22,28-29H,9-11,27H2,(H,30,34)(H,31,35)(H,32,33)(H,36,37). The highest BCUT2D eigenvalue weighted by molar-refractivity contribution is 5.94. The number of carbonyl (C=O) groups is 4. The van der Waals surface area contributed by atoms with Crippen molar-refractivity contribution in [3.8, 4) is 0 Å².